The van der Waals surface area contributed by atoms with Crippen LogP contribution >= 0.6 is 11.6 Å². The highest BCUT2D eigenvalue weighted by molar-refractivity contribution is 6.30. The lowest BCUT2D eigenvalue weighted by atomic mass is 10.0. The van der Waals surface area contributed by atoms with Crippen LogP contribution < -0.4 is 5.73 Å². The third-order valence-corrected chi connectivity index (χ3v) is 2.60. The van der Waals surface area contributed by atoms with Crippen LogP contribution in [0.3, 0.4) is 0 Å². The first-order valence-electron chi connectivity index (χ1n) is 5.16. The first-order chi connectivity index (χ1) is 8.04. The van der Waals surface area contributed by atoms with Gasteiger partial charge in [-0.2, -0.15) is 0 Å². The minimum Gasteiger partial charge on any atom is -0.469 e. The van der Waals surface area contributed by atoms with E-state index in [-0.39, 0.29) is 24.6 Å². The zero-order valence-corrected chi connectivity index (χ0v) is 10.2. The molecule has 0 amide bonds. The third-order valence-electron chi connectivity index (χ3n) is 2.35. The van der Waals surface area contributed by atoms with E-state index in [1.165, 1.54) is 7.11 Å². The van der Waals surface area contributed by atoms with Crippen LogP contribution in [-0.2, 0) is 9.53 Å². The summed E-state index contributed by atoms with van der Waals surface area (Å²) in [6, 6.07) is 5.78. The summed E-state index contributed by atoms with van der Waals surface area (Å²) >= 11 is 5.71. The van der Waals surface area contributed by atoms with E-state index in [0.717, 1.165) is 0 Å². The second-order valence-electron chi connectivity index (χ2n) is 3.59. The van der Waals surface area contributed by atoms with E-state index in [1.54, 1.807) is 24.3 Å². The fourth-order valence-electron chi connectivity index (χ4n) is 1.33. The molecule has 0 aliphatic rings. The van der Waals surface area contributed by atoms with Crippen LogP contribution in [-0.4, -0.2) is 24.9 Å². The van der Waals surface area contributed by atoms with Gasteiger partial charge in [-0.05, 0) is 30.7 Å². The third kappa shape index (κ3) is 4.17. The summed E-state index contributed by atoms with van der Waals surface area (Å²) in [5.74, 6) is -0.574. The molecule has 17 heavy (non-hydrogen) atoms. The van der Waals surface area contributed by atoms with Gasteiger partial charge in [0.15, 0.2) is 5.78 Å². The van der Waals surface area contributed by atoms with E-state index < -0.39 is 6.04 Å². The number of Topliss-reactive ketones (excluding diaryl/α,β-unsaturated/α-hetero) is 1. The lowest BCUT2D eigenvalue weighted by Gasteiger charge is -2.09. The van der Waals surface area contributed by atoms with Crippen molar-refractivity contribution in [3.63, 3.8) is 0 Å². The maximum Gasteiger partial charge on any atom is 0.305 e. The molecular formula is C12H14ClNO3. The molecule has 1 unspecified atom stereocenters. The minimum atomic E-state index is -0.699. The SMILES string of the molecule is COC(=O)CCC(N)C(=O)c1ccc(Cl)cc1. The van der Waals surface area contributed by atoms with E-state index in [4.69, 9.17) is 17.3 Å². The quantitative estimate of drug-likeness (QED) is 0.643. The molecule has 0 fully saturated rings. The molecule has 1 aromatic rings. The molecule has 0 bridgehead atoms. The lowest BCUT2D eigenvalue weighted by Crippen LogP contribution is -2.31. The predicted molar refractivity (Wildman–Crippen MR) is 65.0 cm³/mol. The van der Waals surface area contributed by atoms with Crippen molar-refractivity contribution >= 4 is 23.4 Å². The molecule has 0 aliphatic carbocycles. The molecule has 2 N–H and O–H groups in total. The van der Waals surface area contributed by atoms with Gasteiger partial charge in [0, 0.05) is 17.0 Å². The average molecular weight is 256 g/mol. The van der Waals surface area contributed by atoms with Crippen LogP contribution in [0.25, 0.3) is 0 Å². The number of esters is 1. The number of halogens is 1. The monoisotopic (exact) mass is 255 g/mol. The van der Waals surface area contributed by atoms with Gasteiger partial charge in [-0.1, -0.05) is 11.6 Å². The number of hydrogen-bond donors (Lipinski definition) is 1. The number of ketones is 1. The summed E-state index contributed by atoms with van der Waals surface area (Å²) in [7, 11) is 1.30. The molecule has 0 saturated heterocycles. The molecule has 0 spiro atoms. The Balaban J connectivity index is 2.57. The molecule has 0 aliphatic heterocycles. The Bertz CT molecular complexity index is 403. The van der Waals surface area contributed by atoms with Crippen molar-refractivity contribution in [2.24, 2.45) is 5.73 Å². The Hall–Kier alpha value is -1.39. The maximum atomic E-state index is 11.8. The normalized spacial score (nSPS) is 11.9. The smallest absolute Gasteiger partial charge is 0.305 e. The number of benzene rings is 1. The molecule has 0 aromatic heterocycles. The average Bonchev–Trinajstić information content (AvgIpc) is 2.35. The van der Waals surface area contributed by atoms with Gasteiger partial charge >= 0.3 is 5.97 Å². The number of carbonyl (C=O) groups excluding carboxylic acids is 2. The van der Waals surface area contributed by atoms with Crippen molar-refractivity contribution in [3.05, 3.63) is 34.9 Å². The molecule has 5 heteroatoms. The van der Waals surface area contributed by atoms with Crippen molar-refractivity contribution in [2.45, 2.75) is 18.9 Å². The Labute approximate surface area is 105 Å². The molecular weight excluding hydrogens is 242 g/mol. The zero-order valence-electron chi connectivity index (χ0n) is 9.48. The number of methoxy groups -OCH3 is 1. The summed E-state index contributed by atoms with van der Waals surface area (Å²) in [4.78, 5) is 22.8. The summed E-state index contributed by atoms with van der Waals surface area (Å²) < 4.78 is 4.48. The van der Waals surface area contributed by atoms with Crippen LogP contribution in [0.15, 0.2) is 24.3 Å². The number of rotatable bonds is 5. The Kier molecular flexibility index (Phi) is 5.12. The molecule has 4 nitrogen and oxygen atoms in total. The van der Waals surface area contributed by atoms with Crippen molar-refractivity contribution in [2.75, 3.05) is 7.11 Å². The number of ether oxygens (including phenoxy) is 1. The second-order valence-corrected chi connectivity index (χ2v) is 4.03. The maximum absolute atomic E-state index is 11.8. The molecule has 0 saturated carbocycles. The number of nitrogens with two attached hydrogens (primary N) is 1. The van der Waals surface area contributed by atoms with Gasteiger partial charge in [-0.15, -0.1) is 0 Å². The van der Waals surface area contributed by atoms with Crippen molar-refractivity contribution in [1.29, 1.82) is 0 Å². The van der Waals surface area contributed by atoms with Crippen molar-refractivity contribution in [1.82, 2.24) is 0 Å². The number of carbonyl (C=O) groups is 2. The highest BCUT2D eigenvalue weighted by Crippen LogP contribution is 2.12. The standard InChI is InChI=1S/C12H14ClNO3/c1-17-11(15)7-6-10(14)12(16)8-2-4-9(13)5-3-8/h2-5,10H,6-7,14H2,1H3. The van der Waals surface area contributed by atoms with Gasteiger partial charge < -0.3 is 10.5 Å². The fraction of sp³-hybridized carbons (Fsp3) is 0.333. The molecule has 1 rings (SSSR count). The topological polar surface area (TPSA) is 69.4 Å². The predicted octanol–water partition coefficient (Wildman–Crippen LogP) is 1.80. The Morgan fingerprint density at radius 2 is 1.94 bits per heavy atom. The number of hydrogen-bond acceptors (Lipinski definition) is 4. The Morgan fingerprint density at radius 3 is 2.47 bits per heavy atom. The Morgan fingerprint density at radius 1 is 1.35 bits per heavy atom. The first kappa shape index (κ1) is 13.7. The van der Waals surface area contributed by atoms with E-state index in [9.17, 15) is 9.59 Å². The van der Waals surface area contributed by atoms with Crippen LogP contribution in [0.5, 0.6) is 0 Å². The molecule has 1 atom stereocenters. The van der Waals surface area contributed by atoms with Gasteiger partial charge in [0.05, 0.1) is 13.2 Å². The van der Waals surface area contributed by atoms with E-state index in [1.807, 2.05) is 0 Å². The van der Waals surface area contributed by atoms with E-state index >= 15 is 0 Å². The van der Waals surface area contributed by atoms with Gasteiger partial charge in [0.2, 0.25) is 0 Å². The molecule has 92 valence electrons. The lowest BCUT2D eigenvalue weighted by molar-refractivity contribution is -0.140. The molecule has 0 heterocycles. The van der Waals surface area contributed by atoms with Gasteiger partial charge in [0.1, 0.15) is 0 Å². The van der Waals surface area contributed by atoms with Crippen molar-refractivity contribution in [3.8, 4) is 0 Å². The van der Waals surface area contributed by atoms with Gasteiger partial charge in [-0.25, -0.2) is 0 Å². The molecule has 1 aromatic carbocycles. The van der Waals surface area contributed by atoms with Crippen molar-refractivity contribution < 1.29 is 14.3 Å². The first-order valence-corrected chi connectivity index (χ1v) is 5.54. The second kappa shape index (κ2) is 6.37. The zero-order chi connectivity index (χ0) is 12.8. The van der Waals surface area contributed by atoms with E-state index in [0.29, 0.717) is 10.6 Å². The van der Waals surface area contributed by atoms with Crippen LogP contribution in [0.4, 0.5) is 0 Å². The van der Waals surface area contributed by atoms with Crippen LogP contribution in [0.2, 0.25) is 5.02 Å². The highest BCUT2D eigenvalue weighted by atomic mass is 35.5. The van der Waals surface area contributed by atoms with E-state index in [2.05, 4.69) is 4.74 Å². The molecule has 0 radical (unpaired) electrons. The summed E-state index contributed by atoms with van der Waals surface area (Å²) in [6.07, 6.45) is 0.408. The van der Waals surface area contributed by atoms with Crippen LogP contribution in [0, 0.1) is 0 Å². The highest BCUT2D eigenvalue weighted by Gasteiger charge is 2.16. The fourth-order valence-corrected chi connectivity index (χ4v) is 1.46. The summed E-state index contributed by atoms with van der Waals surface area (Å²) in [5.41, 5.74) is 6.19. The van der Waals surface area contributed by atoms with Gasteiger partial charge in [0.25, 0.3) is 0 Å². The summed E-state index contributed by atoms with van der Waals surface area (Å²) in [5, 5.41) is 0.560. The van der Waals surface area contributed by atoms with Crippen LogP contribution in [0.1, 0.15) is 23.2 Å². The summed E-state index contributed by atoms with van der Waals surface area (Å²) in [6.45, 7) is 0. The minimum absolute atomic E-state index is 0.136. The van der Waals surface area contributed by atoms with Gasteiger partial charge in [-0.3, -0.25) is 9.59 Å². The largest absolute Gasteiger partial charge is 0.469 e.